The van der Waals surface area contributed by atoms with Gasteiger partial charge in [-0.25, -0.2) is 14.5 Å². The topological polar surface area (TPSA) is 60.9 Å². The number of hydrogen-bond acceptors (Lipinski definition) is 4. The number of benzene rings is 2. The van der Waals surface area contributed by atoms with Gasteiger partial charge in [-0.1, -0.05) is 30.3 Å². The molecule has 0 aliphatic carbocycles. The number of hydrogen-bond donors (Lipinski definition) is 0. The Morgan fingerprint density at radius 2 is 1.96 bits per heavy atom. The molecule has 0 radical (unpaired) electrons. The summed E-state index contributed by atoms with van der Waals surface area (Å²) in [5.74, 6) is 1.15. The fourth-order valence-corrected chi connectivity index (χ4v) is 3.44. The molecule has 0 bridgehead atoms. The van der Waals surface area contributed by atoms with Crippen LogP contribution in [0, 0.1) is 13.7 Å². The van der Waals surface area contributed by atoms with Crippen LogP contribution in [0.2, 0.25) is 0 Å². The predicted molar refractivity (Wildman–Crippen MR) is 106 cm³/mol. The first-order valence-electron chi connectivity index (χ1n) is 11.6. The summed E-state index contributed by atoms with van der Waals surface area (Å²) < 4.78 is 49.5. The van der Waals surface area contributed by atoms with Crippen molar-refractivity contribution >= 4 is 27.5 Å². The van der Waals surface area contributed by atoms with Gasteiger partial charge in [0, 0.05) is 39.7 Å². The Kier molecular flexibility index (Phi) is 2.34. The lowest BCUT2D eigenvalue weighted by Crippen LogP contribution is -2.02. The van der Waals surface area contributed by atoms with Crippen molar-refractivity contribution in [2.24, 2.45) is 7.05 Å². The van der Waals surface area contributed by atoms with E-state index in [1.54, 1.807) is 0 Å². The highest BCUT2D eigenvalue weighted by Gasteiger charge is 2.13. The lowest BCUT2D eigenvalue weighted by molar-refractivity contribution is 0.752. The molecule has 3 heterocycles. The van der Waals surface area contributed by atoms with Crippen LogP contribution in [0.4, 0.5) is 0 Å². The molecule has 0 aliphatic heterocycles. The van der Waals surface area contributed by atoms with E-state index >= 15 is 0 Å². The van der Waals surface area contributed by atoms with Crippen LogP contribution in [-0.4, -0.2) is 29.1 Å². The van der Waals surface area contributed by atoms with Gasteiger partial charge in [-0.15, -0.1) is 0 Å². The number of imidazole rings is 1. The highest BCUT2D eigenvalue weighted by atomic mass is 15.3. The van der Waals surface area contributed by atoms with Crippen molar-refractivity contribution in [1.82, 2.24) is 29.1 Å². The van der Waals surface area contributed by atoms with Crippen LogP contribution < -0.4 is 0 Å². The SMILES string of the molecule is [2H]C([2H])([2H])c1ncc(C([2H])([2H])[2H])n2nc(CCc3nc4c5ccccc5ccc4n3C)nc12. The van der Waals surface area contributed by atoms with Gasteiger partial charge in [0.2, 0.25) is 0 Å². The Bertz CT molecular complexity index is 1460. The van der Waals surface area contributed by atoms with E-state index in [1.165, 1.54) is 0 Å². The summed E-state index contributed by atoms with van der Waals surface area (Å²) in [5.41, 5.74) is 1.40. The van der Waals surface area contributed by atoms with E-state index in [1.807, 2.05) is 41.9 Å². The Hall–Kier alpha value is -3.28. The summed E-state index contributed by atoms with van der Waals surface area (Å²) in [5, 5.41) is 6.50. The summed E-state index contributed by atoms with van der Waals surface area (Å²) in [4.78, 5) is 13.1. The third-order valence-corrected chi connectivity index (χ3v) is 4.85. The largest absolute Gasteiger partial charge is 0.331 e. The minimum atomic E-state index is -2.54. The average Bonchev–Trinajstić information content (AvgIpc) is 3.31. The lowest BCUT2D eigenvalue weighted by Gasteiger charge is -2.01. The smallest absolute Gasteiger partial charge is 0.177 e. The van der Waals surface area contributed by atoms with E-state index in [0.717, 1.165) is 38.3 Å². The van der Waals surface area contributed by atoms with Crippen molar-refractivity contribution in [3.63, 3.8) is 0 Å². The fourth-order valence-electron chi connectivity index (χ4n) is 3.44. The molecular weight excluding hydrogens is 336 g/mol. The van der Waals surface area contributed by atoms with Gasteiger partial charge in [-0.3, -0.25) is 4.98 Å². The minimum Gasteiger partial charge on any atom is -0.331 e. The van der Waals surface area contributed by atoms with Gasteiger partial charge < -0.3 is 4.57 Å². The van der Waals surface area contributed by atoms with Crippen LogP contribution in [0.5, 0.6) is 0 Å². The van der Waals surface area contributed by atoms with Gasteiger partial charge in [0.1, 0.15) is 5.82 Å². The summed E-state index contributed by atoms with van der Waals surface area (Å²) in [6.45, 7) is -5.06. The number of fused-ring (bicyclic) bond motifs is 4. The van der Waals surface area contributed by atoms with E-state index in [9.17, 15) is 0 Å². The van der Waals surface area contributed by atoms with Crippen LogP contribution in [0.15, 0.2) is 42.6 Å². The maximum atomic E-state index is 7.73. The Balaban J connectivity index is 1.54. The van der Waals surface area contributed by atoms with Crippen LogP contribution in [0.3, 0.4) is 0 Å². The minimum absolute atomic E-state index is 0.0605. The highest BCUT2D eigenvalue weighted by molar-refractivity contribution is 6.04. The second kappa shape index (κ2) is 5.87. The Morgan fingerprint density at radius 1 is 1.04 bits per heavy atom. The van der Waals surface area contributed by atoms with Crippen molar-refractivity contribution in [3.05, 3.63) is 65.6 Å². The monoisotopic (exact) mass is 362 g/mol. The molecule has 0 N–H and O–H groups in total. The zero-order chi connectivity index (χ0) is 23.5. The molecule has 0 saturated heterocycles. The van der Waals surface area contributed by atoms with Crippen LogP contribution in [-0.2, 0) is 19.9 Å². The predicted octanol–water partition coefficient (Wildman–Crippen LogP) is 3.57. The second-order valence-electron chi connectivity index (χ2n) is 6.50. The first-order chi connectivity index (χ1) is 15.5. The number of aryl methyl sites for hydroxylation is 5. The molecule has 27 heavy (non-hydrogen) atoms. The molecule has 6 nitrogen and oxygen atoms in total. The summed E-state index contributed by atoms with van der Waals surface area (Å²) in [7, 11) is 1.94. The molecule has 0 spiro atoms. The highest BCUT2D eigenvalue weighted by Crippen LogP contribution is 2.25. The van der Waals surface area contributed by atoms with Gasteiger partial charge in [-0.05, 0) is 25.2 Å². The van der Waals surface area contributed by atoms with Gasteiger partial charge in [0.15, 0.2) is 11.5 Å². The Morgan fingerprint density at radius 3 is 2.85 bits per heavy atom. The van der Waals surface area contributed by atoms with Crippen molar-refractivity contribution in [1.29, 1.82) is 0 Å². The standard InChI is InChI=1S/C21H20N6/c1-13-12-22-14(2)21-23-18(25-27(13)21)10-11-19-24-20-16-7-5-4-6-15(16)8-9-17(20)26(19)3/h4-9,12H,10-11H2,1-3H3/i1D3,2D3. The fraction of sp³-hybridized carbons (Fsp3) is 0.238. The normalized spacial score (nSPS) is 16.0. The summed E-state index contributed by atoms with van der Waals surface area (Å²) >= 11 is 0. The van der Waals surface area contributed by atoms with Crippen LogP contribution in [0.1, 0.15) is 31.3 Å². The molecule has 6 heteroatoms. The first-order valence-corrected chi connectivity index (χ1v) is 8.63. The summed E-state index contributed by atoms with van der Waals surface area (Å²) in [6.07, 6.45) is 1.89. The molecule has 0 saturated carbocycles. The maximum absolute atomic E-state index is 7.73. The number of nitrogens with zero attached hydrogens (tertiary/aromatic N) is 6. The molecule has 2 aromatic carbocycles. The van der Waals surface area contributed by atoms with Gasteiger partial charge in [0.05, 0.1) is 22.4 Å². The first kappa shape index (κ1) is 10.8. The Labute approximate surface area is 164 Å². The van der Waals surface area contributed by atoms with Crippen molar-refractivity contribution < 1.29 is 8.22 Å². The lowest BCUT2D eigenvalue weighted by atomic mass is 10.1. The molecule has 5 rings (SSSR count). The quantitative estimate of drug-likeness (QED) is 0.492. The zero-order valence-corrected chi connectivity index (χ0v) is 14.6. The van der Waals surface area contributed by atoms with E-state index in [4.69, 9.17) is 13.2 Å². The molecule has 3 aromatic heterocycles. The van der Waals surface area contributed by atoms with E-state index in [-0.39, 0.29) is 17.0 Å². The van der Waals surface area contributed by atoms with Gasteiger partial charge in [-0.2, -0.15) is 5.10 Å². The third-order valence-electron chi connectivity index (χ3n) is 4.85. The van der Waals surface area contributed by atoms with E-state index in [2.05, 4.69) is 21.1 Å². The number of aromatic nitrogens is 6. The molecule has 0 atom stereocenters. The van der Waals surface area contributed by atoms with Gasteiger partial charge >= 0.3 is 0 Å². The van der Waals surface area contributed by atoms with E-state index < -0.39 is 13.7 Å². The average molecular weight is 362 g/mol. The van der Waals surface area contributed by atoms with Crippen LogP contribution in [0.25, 0.3) is 27.5 Å². The van der Waals surface area contributed by atoms with Crippen LogP contribution >= 0.6 is 0 Å². The van der Waals surface area contributed by atoms with E-state index in [0.29, 0.717) is 18.7 Å². The molecule has 0 fully saturated rings. The second-order valence-corrected chi connectivity index (χ2v) is 6.50. The zero-order valence-electron chi connectivity index (χ0n) is 20.6. The number of rotatable bonds is 3. The van der Waals surface area contributed by atoms with Crippen molar-refractivity contribution in [2.45, 2.75) is 26.5 Å². The molecule has 0 unspecified atom stereocenters. The molecule has 0 amide bonds. The maximum Gasteiger partial charge on any atom is 0.177 e. The molecule has 134 valence electrons. The molecule has 5 aromatic rings. The van der Waals surface area contributed by atoms with Crippen molar-refractivity contribution in [2.75, 3.05) is 0 Å². The van der Waals surface area contributed by atoms with Crippen molar-refractivity contribution in [3.8, 4) is 0 Å². The molecular formula is C21H20N6. The summed E-state index contributed by atoms with van der Waals surface area (Å²) in [6, 6.07) is 12.2. The molecule has 0 aliphatic rings. The van der Waals surface area contributed by atoms with Gasteiger partial charge in [0.25, 0.3) is 0 Å². The third kappa shape index (κ3) is 2.48.